The number of hydrogen-bond acceptors (Lipinski definition) is 3. The van der Waals surface area contributed by atoms with Crippen LogP contribution in [0, 0.1) is 0 Å². The molecule has 0 spiro atoms. The summed E-state index contributed by atoms with van der Waals surface area (Å²) in [5, 5.41) is 9.30. The first-order chi connectivity index (χ1) is 6.69. The molecule has 1 unspecified atom stereocenters. The van der Waals surface area contributed by atoms with E-state index in [9.17, 15) is 9.90 Å². The van der Waals surface area contributed by atoms with Crippen molar-refractivity contribution in [2.75, 3.05) is 32.7 Å². The largest absolute Gasteiger partial charge is 0.391 e. The molecule has 1 heterocycles. The van der Waals surface area contributed by atoms with Gasteiger partial charge in [-0.2, -0.15) is 0 Å². The third kappa shape index (κ3) is 2.59. The Bertz CT molecular complexity index is 192. The van der Waals surface area contributed by atoms with Crippen LogP contribution in [0.2, 0.25) is 0 Å². The Morgan fingerprint density at radius 1 is 1.71 bits per heavy atom. The van der Waals surface area contributed by atoms with Crippen molar-refractivity contribution in [2.45, 2.75) is 19.4 Å². The molecule has 0 radical (unpaired) electrons. The second-order valence-electron chi connectivity index (χ2n) is 3.54. The Morgan fingerprint density at radius 2 is 2.43 bits per heavy atom. The zero-order chi connectivity index (χ0) is 10.6. The summed E-state index contributed by atoms with van der Waals surface area (Å²) in [5.74, 6) is 0. The topological polar surface area (TPSA) is 69.8 Å². The van der Waals surface area contributed by atoms with Crippen LogP contribution in [-0.4, -0.2) is 59.8 Å². The van der Waals surface area contributed by atoms with Crippen molar-refractivity contribution in [1.29, 1.82) is 0 Å². The van der Waals surface area contributed by atoms with Crippen molar-refractivity contribution in [3.05, 3.63) is 0 Å². The normalized spacial score (nSPS) is 21.4. The lowest BCUT2D eigenvalue weighted by Crippen LogP contribution is -2.44. The molecular formula is C9H19N3O2. The predicted octanol–water partition coefficient (Wildman–Crippen LogP) is -0.546. The summed E-state index contributed by atoms with van der Waals surface area (Å²) in [5.41, 5.74) is 5.41. The summed E-state index contributed by atoms with van der Waals surface area (Å²) in [6.07, 6.45) is 0.335. The number of hydrogen-bond donors (Lipinski definition) is 2. The summed E-state index contributed by atoms with van der Waals surface area (Å²) < 4.78 is 0. The van der Waals surface area contributed by atoms with Gasteiger partial charge >= 0.3 is 6.03 Å². The molecule has 5 heteroatoms. The van der Waals surface area contributed by atoms with Crippen LogP contribution in [0.3, 0.4) is 0 Å². The number of nitrogens with zero attached hydrogens (tertiary/aromatic N) is 2. The number of aliphatic hydroxyl groups is 1. The lowest BCUT2D eigenvalue weighted by Gasteiger charge is -2.26. The van der Waals surface area contributed by atoms with Crippen molar-refractivity contribution in [2.24, 2.45) is 5.73 Å². The quantitative estimate of drug-likeness (QED) is 0.644. The molecule has 0 saturated carbocycles. The Morgan fingerprint density at radius 3 is 2.86 bits per heavy atom. The number of likely N-dealkylation sites (N-methyl/N-ethyl adjacent to an activating group) is 1. The van der Waals surface area contributed by atoms with Gasteiger partial charge in [0.1, 0.15) is 0 Å². The number of nitrogens with two attached hydrogens (primary N) is 1. The van der Waals surface area contributed by atoms with E-state index in [0.717, 1.165) is 0 Å². The SMILES string of the molecule is CCN(CCN)C(=O)N1CCC(O)C1. The molecule has 1 rings (SSSR count). The smallest absolute Gasteiger partial charge is 0.320 e. The molecule has 0 aromatic heterocycles. The molecule has 0 aromatic carbocycles. The van der Waals surface area contributed by atoms with Crippen molar-refractivity contribution in [1.82, 2.24) is 9.80 Å². The van der Waals surface area contributed by atoms with Crippen LogP contribution in [0.4, 0.5) is 4.79 Å². The number of likely N-dealkylation sites (tertiary alicyclic amines) is 1. The fourth-order valence-corrected chi connectivity index (χ4v) is 1.66. The van der Waals surface area contributed by atoms with E-state index in [-0.39, 0.29) is 12.1 Å². The van der Waals surface area contributed by atoms with Crippen molar-refractivity contribution in [3.63, 3.8) is 0 Å². The van der Waals surface area contributed by atoms with Crippen LogP contribution < -0.4 is 5.73 Å². The van der Waals surface area contributed by atoms with E-state index in [2.05, 4.69) is 0 Å². The first kappa shape index (κ1) is 11.3. The van der Waals surface area contributed by atoms with E-state index < -0.39 is 0 Å². The molecule has 1 fully saturated rings. The second kappa shape index (κ2) is 5.17. The van der Waals surface area contributed by atoms with Gasteiger partial charge in [-0.3, -0.25) is 0 Å². The minimum Gasteiger partial charge on any atom is -0.391 e. The van der Waals surface area contributed by atoms with Crippen LogP contribution in [0.15, 0.2) is 0 Å². The molecule has 5 nitrogen and oxygen atoms in total. The minimum absolute atomic E-state index is 0.00509. The summed E-state index contributed by atoms with van der Waals surface area (Å²) in [7, 11) is 0. The molecule has 82 valence electrons. The number of β-amino-alcohol motifs (C(OH)–C–C–N with tert-alkyl or cyclic N) is 1. The average Bonchev–Trinajstić information content (AvgIpc) is 2.60. The minimum atomic E-state index is -0.351. The van der Waals surface area contributed by atoms with E-state index in [1.165, 1.54) is 0 Å². The van der Waals surface area contributed by atoms with Gasteiger partial charge in [0.15, 0.2) is 0 Å². The number of carbonyl (C=O) groups is 1. The Balaban J connectivity index is 2.45. The Kier molecular flexibility index (Phi) is 4.16. The first-order valence-electron chi connectivity index (χ1n) is 5.11. The van der Waals surface area contributed by atoms with Gasteiger partial charge in [0.05, 0.1) is 6.10 Å². The molecule has 0 bridgehead atoms. The number of carbonyl (C=O) groups excluding carboxylic acids is 1. The molecule has 14 heavy (non-hydrogen) atoms. The van der Waals surface area contributed by atoms with E-state index in [4.69, 9.17) is 5.73 Å². The highest BCUT2D eigenvalue weighted by Crippen LogP contribution is 2.11. The van der Waals surface area contributed by atoms with Gasteiger partial charge in [0.25, 0.3) is 0 Å². The highest BCUT2D eigenvalue weighted by molar-refractivity contribution is 5.74. The molecule has 1 aliphatic rings. The predicted molar refractivity (Wildman–Crippen MR) is 53.9 cm³/mol. The van der Waals surface area contributed by atoms with Crippen LogP contribution in [0.1, 0.15) is 13.3 Å². The molecule has 0 aliphatic carbocycles. The molecule has 1 atom stereocenters. The molecule has 3 N–H and O–H groups in total. The Hall–Kier alpha value is -0.810. The molecule has 2 amide bonds. The summed E-state index contributed by atoms with van der Waals surface area (Å²) in [6, 6.07) is -0.00509. The van der Waals surface area contributed by atoms with Gasteiger partial charge in [-0.15, -0.1) is 0 Å². The van der Waals surface area contributed by atoms with Crippen LogP contribution >= 0.6 is 0 Å². The fraction of sp³-hybridized carbons (Fsp3) is 0.889. The zero-order valence-corrected chi connectivity index (χ0v) is 8.65. The van der Waals surface area contributed by atoms with Crippen molar-refractivity contribution in [3.8, 4) is 0 Å². The molecule has 1 saturated heterocycles. The standard InChI is InChI=1S/C9H19N3O2/c1-2-11(6-4-10)9(14)12-5-3-8(13)7-12/h8,13H,2-7,10H2,1H3. The fourth-order valence-electron chi connectivity index (χ4n) is 1.66. The van der Waals surface area contributed by atoms with Gasteiger partial charge in [-0.1, -0.05) is 0 Å². The maximum absolute atomic E-state index is 11.8. The van der Waals surface area contributed by atoms with E-state index in [1.54, 1.807) is 9.80 Å². The third-order valence-corrected chi connectivity index (χ3v) is 2.49. The Labute approximate surface area is 84.5 Å². The van der Waals surface area contributed by atoms with Crippen molar-refractivity contribution >= 4 is 6.03 Å². The molecular weight excluding hydrogens is 182 g/mol. The second-order valence-corrected chi connectivity index (χ2v) is 3.54. The third-order valence-electron chi connectivity index (χ3n) is 2.49. The monoisotopic (exact) mass is 201 g/mol. The van der Waals surface area contributed by atoms with Crippen molar-refractivity contribution < 1.29 is 9.90 Å². The van der Waals surface area contributed by atoms with Crippen LogP contribution in [-0.2, 0) is 0 Å². The van der Waals surface area contributed by atoms with E-state index in [1.807, 2.05) is 6.92 Å². The first-order valence-corrected chi connectivity index (χ1v) is 5.11. The van der Waals surface area contributed by atoms with Crippen LogP contribution in [0.25, 0.3) is 0 Å². The number of amides is 2. The van der Waals surface area contributed by atoms with Gasteiger partial charge in [0, 0.05) is 32.7 Å². The maximum atomic E-state index is 11.8. The molecule has 0 aromatic rings. The number of aliphatic hydroxyl groups excluding tert-OH is 1. The summed E-state index contributed by atoms with van der Waals surface area (Å²) in [4.78, 5) is 15.2. The summed E-state index contributed by atoms with van der Waals surface area (Å²) >= 11 is 0. The maximum Gasteiger partial charge on any atom is 0.320 e. The van der Waals surface area contributed by atoms with Gasteiger partial charge in [0.2, 0.25) is 0 Å². The van der Waals surface area contributed by atoms with Crippen LogP contribution in [0.5, 0.6) is 0 Å². The van der Waals surface area contributed by atoms with E-state index in [0.29, 0.717) is 39.1 Å². The zero-order valence-electron chi connectivity index (χ0n) is 8.65. The highest BCUT2D eigenvalue weighted by atomic mass is 16.3. The lowest BCUT2D eigenvalue weighted by molar-refractivity contribution is 0.149. The summed E-state index contributed by atoms with van der Waals surface area (Å²) in [6.45, 7) is 4.78. The van der Waals surface area contributed by atoms with Gasteiger partial charge in [-0.25, -0.2) is 4.79 Å². The lowest BCUT2D eigenvalue weighted by atomic mass is 10.3. The van der Waals surface area contributed by atoms with Gasteiger partial charge < -0.3 is 20.6 Å². The average molecular weight is 201 g/mol. The number of rotatable bonds is 3. The van der Waals surface area contributed by atoms with E-state index >= 15 is 0 Å². The highest BCUT2D eigenvalue weighted by Gasteiger charge is 2.26. The van der Waals surface area contributed by atoms with Gasteiger partial charge in [-0.05, 0) is 13.3 Å². The number of urea groups is 1. The molecule has 1 aliphatic heterocycles.